The van der Waals surface area contributed by atoms with Crippen LogP contribution in [-0.2, 0) is 16.1 Å². The van der Waals surface area contributed by atoms with Gasteiger partial charge < -0.3 is 20.2 Å². The van der Waals surface area contributed by atoms with Crippen molar-refractivity contribution < 1.29 is 19.1 Å². The van der Waals surface area contributed by atoms with E-state index in [-0.39, 0.29) is 46.9 Å². The van der Waals surface area contributed by atoms with Crippen LogP contribution in [-0.4, -0.2) is 29.1 Å². The first-order valence-corrected chi connectivity index (χ1v) is 10.5. The third-order valence-corrected chi connectivity index (χ3v) is 7.35. The highest BCUT2D eigenvalue weighted by Gasteiger charge is 2.53. The van der Waals surface area contributed by atoms with E-state index >= 15 is 0 Å². The predicted molar refractivity (Wildman–Crippen MR) is 106 cm³/mol. The molecule has 0 aliphatic heterocycles. The number of nitrogens with one attached hydrogen (secondary N) is 2. The third kappa shape index (κ3) is 4.12. The van der Waals surface area contributed by atoms with E-state index in [1.54, 1.807) is 19.3 Å². The third-order valence-electron chi connectivity index (χ3n) is 7.35. The fourth-order valence-electron chi connectivity index (χ4n) is 5.70. The molecule has 0 unspecified atom stereocenters. The van der Waals surface area contributed by atoms with Gasteiger partial charge >= 0.3 is 0 Å². The van der Waals surface area contributed by atoms with Crippen molar-refractivity contribution in [1.82, 2.24) is 10.6 Å². The number of carbonyl (C=O) groups excluding carboxylic acids is 2. The zero-order valence-electron chi connectivity index (χ0n) is 17.4. The van der Waals surface area contributed by atoms with Gasteiger partial charge in [-0.3, -0.25) is 9.59 Å². The fourth-order valence-corrected chi connectivity index (χ4v) is 5.70. The fraction of sp³-hybridized carbons (Fsp3) is 0.727. The van der Waals surface area contributed by atoms with Gasteiger partial charge in [0, 0.05) is 18.9 Å². The molecule has 1 aromatic heterocycles. The van der Waals surface area contributed by atoms with E-state index in [4.69, 9.17) is 4.42 Å². The zero-order chi connectivity index (χ0) is 20.5. The van der Waals surface area contributed by atoms with Gasteiger partial charge in [-0.1, -0.05) is 20.8 Å². The first kappa shape index (κ1) is 20.9. The molecule has 0 radical (unpaired) electrons. The molecule has 0 saturated heterocycles. The summed E-state index contributed by atoms with van der Waals surface area (Å²) < 4.78 is 5.27. The highest BCUT2D eigenvalue weighted by Crippen LogP contribution is 2.55. The topological polar surface area (TPSA) is 91.6 Å². The highest BCUT2D eigenvalue weighted by molar-refractivity contribution is 5.78. The molecule has 6 nitrogen and oxygen atoms in total. The van der Waals surface area contributed by atoms with Crippen LogP contribution in [0.4, 0.5) is 0 Å². The van der Waals surface area contributed by atoms with Crippen molar-refractivity contribution >= 4 is 11.8 Å². The zero-order valence-corrected chi connectivity index (χ0v) is 17.4. The summed E-state index contributed by atoms with van der Waals surface area (Å²) in [5.41, 5.74) is 0.0642. The highest BCUT2D eigenvalue weighted by atomic mass is 16.3. The van der Waals surface area contributed by atoms with Crippen molar-refractivity contribution in [1.29, 1.82) is 0 Å². The van der Waals surface area contributed by atoms with Crippen LogP contribution in [0.5, 0.6) is 0 Å². The number of fused-ring (bicyclic) bond motifs is 1. The van der Waals surface area contributed by atoms with E-state index in [9.17, 15) is 14.7 Å². The molecule has 0 spiro atoms. The molecular formula is C22H34N2O4. The molecule has 3 rings (SSSR count). The summed E-state index contributed by atoms with van der Waals surface area (Å²) in [6, 6.07) is 3.72. The number of carbonyl (C=O) groups is 2. The van der Waals surface area contributed by atoms with Gasteiger partial charge in [-0.25, -0.2) is 0 Å². The smallest absolute Gasteiger partial charge is 0.223 e. The summed E-state index contributed by atoms with van der Waals surface area (Å²) in [5, 5.41) is 17.3. The minimum Gasteiger partial charge on any atom is -0.467 e. The standard InChI is InChI=1S/C22H34N2O4/c1-13(21(27)23-12-16-6-5-11-28-16)17-7-9-22(4)10-8-18(24-15(3)25)14(2)19(22)20(17)26/h5-6,11,13-14,17-20,26H,7-10,12H2,1-4H3,(H,23,27)(H,24,25)/t13-,14+,17+,18-,19+,20-,22-/m0/s1. The monoisotopic (exact) mass is 390 g/mol. The van der Waals surface area contributed by atoms with Crippen LogP contribution >= 0.6 is 0 Å². The van der Waals surface area contributed by atoms with Crippen molar-refractivity contribution in [2.45, 2.75) is 72.1 Å². The second kappa shape index (κ2) is 8.27. The largest absolute Gasteiger partial charge is 0.467 e. The van der Waals surface area contributed by atoms with Crippen molar-refractivity contribution in [3.05, 3.63) is 24.2 Å². The lowest BCUT2D eigenvalue weighted by molar-refractivity contribution is -0.143. The van der Waals surface area contributed by atoms with E-state index in [0.717, 1.165) is 31.4 Å². The van der Waals surface area contributed by atoms with Crippen LogP contribution < -0.4 is 10.6 Å². The molecule has 2 saturated carbocycles. The Kier molecular flexibility index (Phi) is 6.18. The molecule has 2 aliphatic rings. The first-order valence-electron chi connectivity index (χ1n) is 10.5. The Balaban J connectivity index is 1.68. The quantitative estimate of drug-likeness (QED) is 0.721. The molecule has 1 heterocycles. The lowest BCUT2D eigenvalue weighted by Crippen LogP contribution is -2.58. The lowest BCUT2D eigenvalue weighted by atomic mass is 9.51. The second-order valence-corrected chi connectivity index (χ2v) is 9.16. The minimum absolute atomic E-state index is 0.0204. The van der Waals surface area contributed by atoms with Gasteiger partial charge in [-0.2, -0.15) is 0 Å². The van der Waals surface area contributed by atoms with Crippen LogP contribution in [0.25, 0.3) is 0 Å². The molecule has 3 N–H and O–H groups in total. The van der Waals surface area contributed by atoms with Gasteiger partial charge in [-0.15, -0.1) is 0 Å². The molecule has 0 bridgehead atoms. The number of hydrogen-bond donors (Lipinski definition) is 3. The second-order valence-electron chi connectivity index (χ2n) is 9.16. The molecule has 2 fully saturated rings. The molecule has 6 heteroatoms. The Labute approximate surface area is 167 Å². The number of hydrogen-bond acceptors (Lipinski definition) is 4. The van der Waals surface area contributed by atoms with E-state index in [1.807, 2.05) is 13.0 Å². The number of aliphatic hydroxyl groups is 1. The Hall–Kier alpha value is -1.82. The average Bonchev–Trinajstić information content (AvgIpc) is 3.15. The molecule has 7 atom stereocenters. The van der Waals surface area contributed by atoms with Gasteiger partial charge in [0.25, 0.3) is 0 Å². The number of rotatable bonds is 5. The summed E-state index contributed by atoms with van der Waals surface area (Å²) in [6.07, 6.45) is 4.84. The van der Waals surface area contributed by atoms with Crippen LogP contribution in [0.15, 0.2) is 22.8 Å². The minimum atomic E-state index is -0.547. The number of furan rings is 1. The molecule has 2 amide bonds. The Morgan fingerprint density at radius 3 is 2.71 bits per heavy atom. The Bertz CT molecular complexity index is 689. The van der Waals surface area contributed by atoms with Gasteiger partial charge in [0.05, 0.1) is 18.9 Å². The van der Waals surface area contributed by atoms with Crippen LogP contribution in [0.2, 0.25) is 0 Å². The SMILES string of the molecule is CC(=O)N[C@H]1CC[C@]2(C)CC[C@H]([C@H](C)C(=O)NCc3ccco3)[C@H](O)[C@H]2[C@@H]1C. The van der Waals surface area contributed by atoms with E-state index < -0.39 is 6.10 Å². The molecule has 1 aromatic rings. The van der Waals surface area contributed by atoms with Gasteiger partial charge in [0.2, 0.25) is 11.8 Å². The molecule has 28 heavy (non-hydrogen) atoms. The molecule has 0 aromatic carbocycles. The van der Waals surface area contributed by atoms with Crippen molar-refractivity contribution in [3.63, 3.8) is 0 Å². The summed E-state index contributed by atoms with van der Waals surface area (Å²) in [5.74, 6) is 0.558. The maximum atomic E-state index is 12.7. The number of amides is 2. The van der Waals surface area contributed by atoms with Gasteiger partial charge in [0.15, 0.2) is 0 Å². The summed E-state index contributed by atoms with van der Waals surface area (Å²) in [6.45, 7) is 8.22. The summed E-state index contributed by atoms with van der Waals surface area (Å²) >= 11 is 0. The van der Waals surface area contributed by atoms with Crippen LogP contribution in [0.1, 0.15) is 59.1 Å². The maximum absolute atomic E-state index is 12.7. The first-order chi connectivity index (χ1) is 13.2. The van der Waals surface area contributed by atoms with Gasteiger partial charge in [-0.05, 0) is 61.0 Å². The van der Waals surface area contributed by atoms with Gasteiger partial charge in [0.1, 0.15) is 5.76 Å². The average molecular weight is 391 g/mol. The molecular weight excluding hydrogens is 356 g/mol. The normalized spacial score (nSPS) is 36.2. The van der Waals surface area contributed by atoms with Crippen molar-refractivity contribution in [2.24, 2.45) is 29.1 Å². The maximum Gasteiger partial charge on any atom is 0.223 e. The Morgan fingerprint density at radius 2 is 2.07 bits per heavy atom. The predicted octanol–water partition coefficient (Wildman–Crippen LogP) is 2.86. The summed E-state index contributed by atoms with van der Waals surface area (Å²) in [4.78, 5) is 24.3. The van der Waals surface area contributed by atoms with E-state index in [1.165, 1.54) is 0 Å². The van der Waals surface area contributed by atoms with E-state index in [0.29, 0.717) is 6.54 Å². The lowest BCUT2D eigenvalue weighted by Gasteiger charge is -2.56. The van der Waals surface area contributed by atoms with E-state index in [2.05, 4.69) is 24.5 Å². The van der Waals surface area contributed by atoms with Crippen molar-refractivity contribution in [3.8, 4) is 0 Å². The molecule has 156 valence electrons. The number of aliphatic hydroxyl groups excluding tert-OH is 1. The van der Waals surface area contributed by atoms with Crippen molar-refractivity contribution in [2.75, 3.05) is 0 Å². The van der Waals surface area contributed by atoms with Crippen LogP contribution in [0.3, 0.4) is 0 Å². The van der Waals surface area contributed by atoms with Crippen LogP contribution in [0, 0.1) is 29.1 Å². The Morgan fingerprint density at radius 1 is 1.36 bits per heavy atom. The molecule has 2 aliphatic carbocycles. The summed E-state index contributed by atoms with van der Waals surface area (Å²) in [7, 11) is 0.